The van der Waals surface area contributed by atoms with Gasteiger partial charge in [0, 0.05) is 27.2 Å². The average Bonchev–Trinajstić information content (AvgIpc) is 3.19. The highest BCUT2D eigenvalue weighted by atomic mass is 28.4. The Kier molecular flexibility index (Phi) is 8.54. The molecule has 1 atom stereocenters. The Hall–Kier alpha value is -3.11. The maximum Gasteiger partial charge on any atom is 0.416 e. The van der Waals surface area contributed by atoms with Crippen molar-refractivity contribution in [1.29, 1.82) is 0 Å². The van der Waals surface area contributed by atoms with Crippen LogP contribution in [0.25, 0.3) is 0 Å². The molecule has 1 aliphatic heterocycles. The number of hydrogen-bond acceptors (Lipinski definition) is 5. The Balaban J connectivity index is 1.92. The van der Waals surface area contributed by atoms with Crippen LogP contribution in [0.3, 0.4) is 0 Å². The molecular weight excluding hydrogens is 493 g/mol. The number of likely N-dealkylation sites (N-methyl/N-ethyl adjacent to an activating group) is 1. The van der Waals surface area contributed by atoms with Gasteiger partial charge in [-0.25, -0.2) is 14.0 Å². The van der Waals surface area contributed by atoms with Crippen molar-refractivity contribution in [2.45, 2.75) is 58.1 Å². The highest BCUT2D eigenvalue weighted by molar-refractivity contribution is 6.74. The maximum absolute atomic E-state index is 15.7. The molecule has 2 amide bonds. The number of cyclic esters (lactones) is 1. The summed E-state index contributed by atoms with van der Waals surface area (Å²) in [5, 5.41) is 9.29. The molecule has 1 saturated heterocycles. The molecule has 10 heteroatoms. The molecule has 2 aromatic carbocycles. The minimum absolute atomic E-state index is 0.0276. The van der Waals surface area contributed by atoms with E-state index in [0.717, 1.165) is 10.5 Å². The van der Waals surface area contributed by atoms with E-state index in [1.165, 1.54) is 18.0 Å². The van der Waals surface area contributed by atoms with Crippen molar-refractivity contribution in [1.82, 2.24) is 4.90 Å². The van der Waals surface area contributed by atoms with Crippen LogP contribution >= 0.6 is 0 Å². The molecular formula is C27H38FN3O5Si. The highest BCUT2D eigenvalue weighted by Crippen LogP contribution is 2.37. The Morgan fingerprint density at radius 3 is 2.46 bits per heavy atom. The van der Waals surface area contributed by atoms with Crippen LogP contribution in [0.1, 0.15) is 31.9 Å². The Morgan fingerprint density at radius 1 is 1.22 bits per heavy atom. The molecule has 1 N–H and O–H groups in total. The van der Waals surface area contributed by atoms with Crippen LogP contribution in [-0.4, -0.2) is 64.0 Å². The van der Waals surface area contributed by atoms with Gasteiger partial charge >= 0.3 is 12.2 Å². The summed E-state index contributed by atoms with van der Waals surface area (Å²) >= 11 is 0. The van der Waals surface area contributed by atoms with Crippen molar-refractivity contribution in [3.8, 4) is 0 Å². The van der Waals surface area contributed by atoms with E-state index in [0.29, 0.717) is 36.5 Å². The van der Waals surface area contributed by atoms with Crippen molar-refractivity contribution in [2.75, 3.05) is 37.0 Å². The molecule has 0 aliphatic carbocycles. The summed E-state index contributed by atoms with van der Waals surface area (Å²) in [5.41, 5.74) is 2.51. The Labute approximate surface area is 219 Å². The molecule has 37 heavy (non-hydrogen) atoms. The number of benzene rings is 2. The van der Waals surface area contributed by atoms with Crippen LogP contribution in [-0.2, 0) is 22.1 Å². The van der Waals surface area contributed by atoms with Crippen molar-refractivity contribution in [2.24, 2.45) is 0 Å². The second kappa shape index (κ2) is 11.1. The lowest BCUT2D eigenvalue weighted by Crippen LogP contribution is -2.41. The number of anilines is 2. The van der Waals surface area contributed by atoms with E-state index in [1.54, 1.807) is 6.07 Å². The summed E-state index contributed by atoms with van der Waals surface area (Å²) in [7, 11) is 1.15. The van der Waals surface area contributed by atoms with Crippen molar-refractivity contribution in [3.63, 3.8) is 0 Å². The number of ether oxygens (including phenoxy) is 1. The minimum atomic E-state index is -2.01. The maximum atomic E-state index is 15.7. The van der Waals surface area contributed by atoms with Gasteiger partial charge in [0.1, 0.15) is 5.82 Å². The third-order valence-corrected chi connectivity index (χ3v) is 11.8. The number of amides is 2. The molecule has 0 aromatic heterocycles. The molecule has 3 rings (SSSR count). The molecule has 0 saturated carbocycles. The lowest BCUT2D eigenvalue weighted by atomic mass is 10.1. The van der Waals surface area contributed by atoms with Gasteiger partial charge in [0.2, 0.25) is 0 Å². The predicted octanol–water partition coefficient (Wildman–Crippen LogP) is 5.92. The van der Waals surface area contributed by atoms with Crippen LogP contribution in [0.15, 0.2) is 42.5 Å². The SMILES string of the molecule is CN(Cc1ccccc1)c1c(F)cc(N2C[C@@H](N(C)C(=O)O)OC2=O)cc1CCO[Si](C)(C)C(C)(C)C. The molecule has 0 unspecified atom stereocenters. The first kappa shape index (κ1) is 28.5. The largest absolute Gasteiger partial charge is 0.465 e. The molecule has 1 fully saturated rings. The molecule has 1 aliphatic rings. The summed E-state index contributed by atoms with van der Waals surface area (Å²) in [6.07, 6.45) is -2.45. The molecule has 8 nitrogen and oxygen atoms in total. The molecule has 1 heterocycles. The Morgan fingerprint density at radius 2 is 1.86 bits per heavy atom. The van der Waals surface area contributed by atoms with Gasteiger partial charge in [-0.1, -0.05) is 51.1 Å². The topological polar surface area (TPSA) is 82.5 Å². The zero-order valence-corrected chi connectivity index (χ0v) is 23.7. The fourth-order valence-electron chi connectivity index (χ4n) is 3.97. The Bertz CT molecular complexity index is 1120. The third kappa shape index (κ3) is 6.61. The summed E-state index contributed by atoms with van der Waals surface area (Å²) < 4.78 is 27.3. The molecule has 2 aromatic rings. The fraction of sp³-hybridized carbons (Fsp3) is 0.481. The molecule has 202 valence electrons. The quantitative estimate of drug-likeness (QED) is 0.405. The number of rotatable bonds is 9. The number of carbonyl (C=O) groups is 2. The van der Waals surface area contributed by atoms with E-state index in [1.807, 2.05) is 42.3 Å². The first-order chi connectivity index (χ1) is 17.2. The van der Waals surface area contributed by atoms with Gasteiger partial charge in [-0.3, -0.25) is 9.80 Å². The van der Waals surface area contributed by atoms with Gasteiger partial charge in [-0.15, -0.1) is 0 Å². The van der Waals surface area contributed by atoms with E-state index in [2.05, 4.69) is 33.9 Å². The number of hydrogen-bond donors (Lipinski definition) is 1. The van der Waals surface area contributed by atoms with Gasteiger partial charge in [0.05, 0.1) is 17.9 Å². The van der Waals surface area contributed by atoms with Gasteiger partial charge in [-0.2, -0.15) is 0 Å². The van der Waals surface area contributed by atoms with E-state index >= 15 is 4.39 Å². The van der Waals surface area contributed by atoms with Crippen molar-refractivity contribution in [3.05, 3.63) is 59.4 Å². The zero-order valence-electron chi connectivity index (χ0n) is 22.7. The highest BCUT2D eigenvalue weighted by Gasteiger charge is 2.38. The summed E-state index contributed by atoms with van der Waals surface area (Å²) in [5.74, 6) is -0.471. The van der Waals surface area contributed by atoms with Gasteiger partial charge in [0.15, 0.2) is 14.5 Å². The van der Waals surface area contributed by atoms with Crippen molar-refractivity contribution < 1.29 is 28.2 Å². The second-order valence-corrected chi connectivity index (χ2v) is 15.8. The van der Waals surface area contributed by atoms with Crippen molar-refractivity contribution >= 4 is 31.9 Å². The first-order valence-corrected chi connectivity index (χ1v) is 15.3. The summed E-state index contributed by atoms with van der Waals surface area (Å²) in [6.45, 7) is 11.7. The van der Waals surface area contributed by atoms with E-state index in [4.69, 9.17) is 9.16 Å². The fourth-order valence-corrected chi connectivity index (χ4v) is 5.01. The minimum Gasteiger partial charge on any atom is -0.465 e. The first-order valence-electron chi connectivity index (χ1n) is 12.4. The zero-order chi connectivity index (χ0) is 27.5. The number of nitrogens with zero attached hydrogens (tertiary/aromatic N) is 3. The van der Waals surface area contributed by atoms with Crippen LogP contribution in [0.2, 0.25) is 18.1 Å². The molecule has 0 radical (unpaired) electrons. The monoisotopic (exact) mass is 531 g/mol. The second-order valence-electron chi connectivity index (χ2n) is 11.0. The smallest absolute Gasteiger partial charge is 0.416 e. The van der Waals surface area contributed by atoms with Crippen LogP contribution in [0, 0.1) is 5.82 Å². The van der Waals surface area contributed by atoms with Crippen LogP contribution in [0.4, 0.5) is 25.4 Å². The summed E-state index contributed by atoms with van der Waals surface area (Å²) in [6, 6.07) is 12.9. The normalized spacial score (nSPS) is 16.1. The van der Waals surface area contributed by atoms with Gasteiger partial charge in [0.25, 0.3) is 0 Å². The summed E-state index contributed by atoms with van der Waals surface area (Å²) in [4.78, 5) is 28.0. The van der Waals surface area contributed by atoms with E-state index < -0.39 is 32.5 Å². The molecule has 0 bridgehead atoms. The average molecular weight is 532 g/mol. The predicted molar refractivity (Wildman–Crippen MR) is 145 cm³/mol. The van der Waals surface area contributed by atoms with Crippen LogP contribution in [0.5, 0.6) is 0 Å². The lowest BCUT2D eigenvalue weighted by Gasteiger charge is -2.36. The standard InChI is InChI=1S/C27H38FN3O5Si/c1-27(2,3)37(6,7)35-14-13-20-15-21(31-18-23(36-26(31)34)30(5)25(32)33)16-22(28)24(20)29(4)17-19-11-9-8-10-12-19/h8-12,15-16,23H,13-14,17-18H2,1-7H3,(H,32,33)/t23-/m0/s1. The van der Waals surface area contributed by atoms with Crippen LogP contribution < -0.4 is 9.80 Å². The van der Waals surface area contributed by atoms with E-state index in [-0.39, 0.29) is 11.6 Å². The third-order valence-electron chi connectivity index (χ3n) is 7.25. The molecule has 0 spiro atoms. The van der Waals surface area contributed by atoms with Gasteiger partial charge < -0.3 is 19.2 Å². The number of halogens is 1. The lowest BCUT2D eigenvalue weighted by molar-refractivity contribution is 0.0415. The number of carbonyl (C=O) groups excluding carboxylic acids is 1. The van der Waals surface area contributed by atoms with Gasteiger partial charge in [-0.05, 0) is 47.8 Å². The number of carboxylic acid groups (broad SMARTS) is 1. The van der Waals surface area contributed by atoms with E-state index in [9.17, 15) is 14.7 Å².